The third-order valence-electron chi connectivity index (χ3n) is 3.43. The molecule has 2 N–H and O–H groups in total. The van der Waals surface area contributed by atoms with Crippen molar-refractivity contribution in [3.8, 4) is 0 Å². The minimum Gasteiger partial charge on any atom is -0.344 e. The van der Waals surface area contributed by atoms with Crippen molar-refractivity contribution in [2.45, 2.75) is 46.2 Å². The first-order valence-corrected chi connectivity index (χ1v) is 6.90. The van der Waals surface area contributed by atoms with Gasteiger partial charge in [0.05, 0.1) is 12.0 Å². The van der Waals surface area contributed by atoms with Gasteiger partial charge in [0.25, 0.3) is 0 Å². The van der Waals surface area contributed by atoms with Gasteiger partial charge in [-0.3, -0.25) is 4.79 Å². The van der Waals surface area contributed by atoms with E-state index < -0.39 is 0 Å². The second-order valence-electron chi connectivity index (χ2n) is 5.49. The maximum atomic E-state index is 12.2. The van der Waals surface area contributed by atoms with Crippen LogP contribution in [0.25, 0.3) is 0 Å². The molecule has 19 heavy (non-hydrogen) atoms. The highest BCUT2D eigenvalue weighted by Gasteiger charge is 2.22. The van der Waals surface area contributed by atoms with E-state index in [2.05, 4.69) is 18.8 Å². The van der Waals surface area contributed by atoms with Crippen LogP contribution in [0.15, 0.2) is 12.5 Å². The number of carbonyl (C=O) groups is 1. The lowest BCUT2D eigenvalue weighted by molar-refractivity contribution is -0.132. The lowest BCUT2D eigenvalue weighted by Gasteiger charge is -2.24. The molecular weight excluding hydrogens is 240 g/mol. The Morgan fingerprint density at radius 2 is 2.11 bits per heavy atom. The number of nitrogens with two attached hydrogens (primary N) is 1. The Morgan fingerprint density at radius 3 is 2.63 bits per heavy atom. The van der Waals surface area contributed by atoms with Crippen LogP contribution in [0.2, 0.25) is 0 Å². The van der Waals surface area contributed by atoms with E-state index >= 15 is 0 Å². The molecule has 0 fully saturated rings. The van der Waals surface area contributed by atoms with Gasteiger partial charge in [0.1, 0.15) is 6.04 Å². The molecular formula is C14H26N4O. The van der Waals surface area contributed by atoms with Gasteiger partial charge in [0.2, 0.25) is 5.91 Å². The lowest BCUT2D eigenvalue weighted by atomic mass is 10.0. The first kappa shape index (κ1) is 15.7. The maximum Gasteiger partial charge on any atom is 0.245 e. The minimum absolute atomic E-state index is 0.0790. The quantitative estimate of drug-likeness (QED) is 0.856. The van der Waals surface area contributed by atoms with E-state index in [-0.39, 0.29) is 18.0 Å². The molecule has 0 aromatic carbocycles. The summed E-state index contributed by atoms with van der Waals surface area (Å²) in [5.74, 6) is 0.598. The topological polar surface area (TPSA) is 64.2 Å². The molecule has 0 saturated carbocycles. The molecule has 0 bridgehead atoms. The van der Waals surface area contributed by atoms with Crippen molar-refractivity contribution in [3.63, 3.8) is 0 Å². The summed E-state index contributed by atoms with van der Waals surface area (Å²) in [6.07, 6.45) is 4.35. The average molecular weight is 266 g/mol. The highest BCUT2D eigenvalue weighted by Crippen LogP contribution is 2.22. The molecule has 0 radical (unpaired) electrons. The largest absolute Gasteiger partial charge is 0.344 e. The number of aromatic nitrogens is 2. The predicted molar refractivity (Wildman–Crippen MR) is 76.6 cm³/mol. The monoisotopic (exact) mass is 266 g/mol. The van der Waals surface area contributed by atoms with E-state index in [1.807, 2.05) is 25.5 Å². The van der Waals surface area contributed by atoms with Gasteiger partial charge < -0.3 is 15.2 Å². The van der Waals surface area contributed by atoms with Crippen LogP contribution in [0.4, 0.5) is 0 Å². The molecule has 1 aromatic rings. The van der Waals surface area contributed by atoms with Gasteiger partial charge in [-0.05, 0) is 26.2 Å². The molecule has 0 aliphatic carbocycles. The third kappa shape index (κ3) is 3.80. The normalized spacial score (nSPS) is 14.5. The number of amides is 1. The molecule has 1 aromatic heterocycles. The molecule has 5 nitrogen and oxygen atoms in total. The maximum absolute atomic E-state index is 12.2. The van der Waals surface area contributed by atoms with Crippen molar-refractivity contribution in [2.24, 2.45) is 11.7 Å². The smallest absolute Gasteiger partial charge is 0.245 e. The van der Waals surface area contributed by atoms with Crippen LogP contribution < -0.4 is 5.73 Å². The zero-order valence-electron chi connectivity index (χ0n) is 12.6. The lowest BCUT2D eigenvalue weighted by Crippen LogP contribution is -2.34. The fourth-order valence-electron chi connectivity index (χ4n) is 2.15. The van der Waals surface area contributed by atoms with Gasteiger partial charge in [0.15, 0.2) is 0 Å². The van der Waals surface area contributed by atoms with Crippen LogP contribution in [-0.2, 0) is 4.79 Å². The van der Waals surface area contributed by atoms with E-state index in [0.717, 1.165) is 12.1 Å². The van der Waals surface area contributed by atoms with Gasteiger partial charge in [-0.1, -0.05) is 13.8 Å². The number of carbonyl (C=O) groups excluding carboxylic acids is 1. The Hall–Kier alpha value is -1.36. The number of likely N-dealkylation sites (N-methyl/N-ethyl adjacent to an activating group) is 1. The number of hydrogen-bond donors (Lipinski definition) is 1. The summed E-state index contributed by atoms with van der Waals surface area (Å²) in [5, 5.41) is 0. The Bertz CT molecular complexity index is 413. The standard InChI is InChI=1S/C14H26N4O/c1-6-17(5)14(19)11(4)18-9-16-8-13(18)12(15)7-10(2)3/h8-12H,6-7,15H2,1-5H3. The Balaban J connectivity index is 2.90. The van der Waals surface area contributed by atoms with Crippen molar-refractivity contribution in [3.05, 3.63) is 18.2 Å². The van der Waals surface area contributed by atoms with Crippen molar-refractivity contribution >= 4 is 5.91 Å². The molecule has 2 atom stereocenters. The van der Waals surface area contributed by atoms with Crippen molar-refractivity contribution in [2.75, 3.05) is 13.6 Å². The highest BCUT2D eigenvalue weighted by atomic mass is 16.2. The zero-order valence-corrected chi connectivity index (χ0v) is 12.6. The van der Waals surface area contributed by atoms with Crippen LogP contribution in [-0.4, -0.2) is 34.0 Å². The molecule has 1 heterocycles. The fraction of sp³-hybridized carbons (Fsp3) is 0.714. The van der Waals surface area contributed by atoms with Crippen molar-refractivity contribution in [1.82, 2.24) is 14.5 Å². The van der Waals surface area contributed by atoms with E-state index in [4.69, 9.17) is 5.73 Å². The molecule has 0 spiro atoms. The van der Waals surface area contributed by atoms with E-state index in [1.165, 1.54) is 0 Å². The molecule has 108 valence electrons. The van der Waals surface area contributed by atoms with Crippen LogP contribution >= 0.6 is 0 Å². The summed E-state index contributed by atoms with van der Waals surface area (Å²) in [4.78, 5) is 18.1. The third-order valence-corrected chi connectivity index (χ3v) is 3.43. The van der Waals surface area contributed by atoms with Crippen molar-refractivity contribution in [1.29, 1.82) is 0 Å². The molecule has 1 rings (SSSR count). The zero-order chi connectivity index (χ0) is 14.6. The first-order chi connectivity index (χ1) is 8.88. The Labute approximate surface area is 115 Å². The van der Waals surface area contributed by atoms with Crippen LogP contribution in [0.5, 0.6) is 0 Å². The minimum atomic E-state index is -0.263. The summed E-state index contributed by atoms with van der Waals surface area (Å²) in [6, 6.07) is -0.342. The summed E-state index contributed by atoms with van der Waals surface area (Å²) in [6.45, 7) is 8.83. The Kier molecular flexibility index (Phi) is 5.54. The van der Waals surface area contributed by atoms with Gasteiger partial charge in [-0.25, -0.2) is 4.98 Å². The Morgan fingerprint density at radius 1 is 1.47 bits per heavy atom. The van der Waals surface area contributed by atoms with Gasteiger partial charge >= 0.3 is 0 Å². The van der Waals surface area contributed by atoms with Crippen LogP contribution in [0.3, 0.4) is 0 Å². The van der Waals surface area contributed by atoms with Crippen LogP contribution in [0, 0.1) is 5.92 Å². The number of hydrogen-bond acceptors (Lipinski definition) is 3. The second-order valence-corrected chi connectivity index (χ2v) is 5.49. The number of imidazole rings is 1. The van der Waals surface area contributed by atoms with E-state index in [1.54, 1.807) is 17.4 Å². The van der Waals surface area contributed by atoms with Gasteiger partial charge in [0, 0.05) is 25.8 Å². The molecule has 0 aliphatic heterocycles. The number of nitrogens with zero attached hydrogens (tertiary/aromatic N) is 3. The summed E-state index contributed by atoms with van der Waals surface area (Å²) in [7, 11) is 1.81. The molecule has 0 saturated heterocycles. The molecule has 2 unspecified atom stereocenters. The summed E-state index contributed by atoms with van der Waals surface area (Å²) < 4.78 is 1.89. The van der Waals surface area contributed by atoms with Crippen molar-refractivity contribution < 1.29 is 4.79 Å². The van der Waals surface area contributed by atoms with E-state index in [9.17, 15) is 4.79 Å². The van der Waals surface area contributed by atoms with Gasteiger partial charge in [-0.2, -0.15) is 0 Å². The molecule has 5 heteroatoms. The average Bonchev–Trinajstić information content (AvgIpc) is 2.84. The fourth-order valence-corrected chi connectivity index (χ4v) is 2.15. The highest BCUT2D eigenvalue weighted by molar-refractivity contribution is 5.79. The number of rotatable bonds is 6. The SMILES string of the molecule is CCN(C)C(=O)C(C)n1cncc1C(N)CC(C)C. The van der Waals surface area contributed by atoms with Crippen LogP contribution in [0.1, 0.15) is 51.9 Å². The molecule has 1 amide bonds. The second kappa shape index (κ2) is 6.70. The molecule has 0 aliphatic rings. The van der Waals surface area contributed by atoms with E-state index in [0.29, 0.717) is 12.5 Å². The summed E-state index contributed by atoms with van der Waals surface area (Å²) >= 11 is 0. The predicted octanol–water partition coefficient (Wildman–Crippen LogP) is 1.97. The van der Waals surface area contributed by atoms with Gasteiger partial charge in [-0.15, -0.1) is 0 Å². The first-order valence-electron chi connectivity index (χ1n) is 6.90. The summed E-state index contributed by atoms with van der Waals surface area (Å²) in [5.41, 5.74) is 7.13.